The molecule has 1 aromatic carbocycles. The fourth-order valence-electron chi connectivity index (χ4n) is 2.28. The maximum Gasteiger partial charge on any atom is 0.312 e. The molecule has 0 saturated carbocycles. The van der Waals surface area contributed by atoms with Crippen LogP contribution in [0, 0.1) is 0 Å². The van der Waals surface area contributed by atoms with Crippen molar-refractivity contribution in [1.82, 2.24) is 4.90 Å². The van der Waals surface area contributed by atoms with E-state index in [1.165, 1.54) is 0 Å². The summed E-state index contributed by atoms with van der Waals surface area (Å²) in [6, 6.07) is 5.14. The number of carboxylic acid groups (broad SMARTS) is 1. The highest BCUT2D eigenvalue weighted by Crippen LogP contribution is 2.32. The van der Waals surface area contributed by atoms with E-state index in [0.717, 1.165) is 13.1 Å². The summed E-state index contributed by atoms with van der Waals surface area (Å²) in [7, 11) is 3.58. The molecule has 0 bridgehead atoms. The normalized spacial score (nSPS) is 17.4. The minimum Gasteiger partial charge on any atom is -0.493 e. The van der Waals surface area contributed by atoms with E-state index in [2.05, 4.69) is 4.90 Å². The summed E-state index contributed by atoms with van der Waals surface area (Å²) in [4.78, 5) is 13.3. The van der Waals surface area contributed by atoms with E-state index >= 15 is 0 Å². The van der Waals surface area contributed by atoms with Crippen LogP contribution in [-0.4, -0.2) is 55.9 Å². The average Bonchev–Trinajstić information content (AvgIpc) is 2.37. The lowest BCUT2D eigenvalue weighted by Gasteiger charge is -2.36. The van der Waals surface area contributed by atoms with E-state index in [1.807, 2.05) is 7.05 Å². The quantitative estimate of drug-likeness (QED) is 0.790. The fourth-order valence-corrected chi connectivity index (χ4v) is 2.28. The Morgan fingerprint density at radius 1 is 1.50 bits per heavy atom. The number of benzene rings is 1. The molecule has 0 radical (unpaired) electrons. The van der Waals surface area contributed by atoms with Crippen molar-refractivity contribution in [2.45, 2.75) is 12.0 Å². The summed E-state index contributed by atoms with van der Waals surface area (Å²) in [5.41, 5.74) is 6.15. The molecule has 1 atom stereocenters. The minimum atomic E-state index is -0.938. The topological polar surface area (TPSA) is 85.0 Å². The van der Waals surface area contributed by atoms with Crippen LogP contribution in [0.4, 0.5) is 0 Å². The van der Waals surface area contributed by atoms with Gasteiger partial charge in [0.1, 0.15) is 6.10 Å². The molecule has 1 fully saturated rings. The zero-order chi connectivity index (χ0) is 14.7. The van der Waals surface area contributed by atoms with Crippen LogP contribution in [0.3, 0.4) is 0 Å². The van der Waals surface area contributed by atoms with Gasteiger partial charge in [0.2, 0.25) is 0 Å². The second-order valence-corrected chi connectivity index (χ2v) is 5.00. The minimum absolute atomic E-state index is 0.0489. The van der Waals surface area contributed by atoms with E-state index in [9.17, 15) is 4.79 Å². The fraction of sp³-hybridized carbons (Fsp3) is 0.500. The molecule has 0 spiro atoms. The summed E-state index contributed by atoms with van der Waals surface area (Å²) < 4.78 is 11.1. The van der Waals surface area contributed by atoms with E-state index in [0.29, 0.717) is 17.1 Å². The lowest BCUT2D eigenvalue weighted by atomic mass is 9.99. The number of nitrogens with zero attached hydrogens (tertiary/aromatic N) is 1. The number of likely N-dealkylation sites (N-methyl/N-ethyl adjacent to an activating group) is 1. The molecule has 1 aliphatic rings. The van der Waals surface area contributed by atoms with Gasteiger partial charge in [0.05, 0.1) is 13.0 Å². The first-order valence-electron chi connectivity index (χ1n) is 6.51. The number of methoxy groups -OCH3 is 1. The van der Waals surface area contributed by atoms with Crippen molar-refractivity contribution in [1.29, 1.82) is 0 Å². The Morgan fingerprint density at radius 3 is 2.70 bits per heavy atom. The van der Waals surface area contributed by atoms with Crippen LogP contribution in [0.15, 0.2) is 18.2 Å². The summed E-state index contributed by atoms with van der Waals surface area (Å²) in [6.45, 7) is 1.76. The number of rotatable bonds is 6. The van der Waals surface area contributed by atoms with Crippen molar-refractivity contribution < 1.29 is 19.4 Å². The molecule has 0 aromatic heterocycles. The Balaban J connectivity index is 2.21. The maximum atomic E-state index is 11.2. The summed E-state index contributed by atoms with van der Waals surface area (Å²) in [6.07, 6.45) is 0.116. The van der Waals surface area contributed by atoms with Gasteiger partial charge >= 0.3 is 5.97 Å². The molecular weight excluding hydrogens is 260 g/mol. The van der Waals surface area contributed by atoms with Gasteiger partial charge in [-0.2, -0.15) is 0 Å². The van der Waals surface area contributed by atoms with Crippen molar-refractivity contribution in [3.63, 3.8) is 0 Å². The van der Waals surface area contributed by atoms with Gasteiger partial charge in [0.25, 0.3) is 0 Å². The molecule has 20 heavy (non-hydrogen) atoms. The van der Waals surface area contributed by atoms with E-state index < -0.39 is 11.9 Å². The van der Waals surface area contributed by atoms with Gasteiger partial charge in [0.15, 0.2) is 11.5 Å². The third-order valence-corrected chi connectivity index (χ3v) is 3.45. The van der Waals surface area contributed by atoms with Crippen molar-refractivity contribution in [3.05, 3.63) is 23.8 Å². The van der Waals surface area contributed by atoms with Gasteiger partial charge in [-0.05, 0) is 24.7 Å². The highest BCUT2D eigenvalue weighted by Gasteiger charge is 2.27. The number of carbonyl (C=O) groups is 1. The SMILES string of the molecule is COc1ccc(C(CN)C(=O)O)cc1OC1CN(C)C1. The van der Waals surface area contributed by atoms with Crippen LogP contribution in [0.1, 0.15) is 11.5 Å². The van der Waals surface area contributed by atoms with Crippen LogP contribution >= 0.6 is 0 Å². The molecule has 6 nitrogen and oxygen atoms in total. The average molecular weight is 280 g/mol. The predicted molar refractivity (Wildman–Crippen MR) is 74.3 cm³/mol. The van der Waals surface area contributed by atoms with Crippen LogP contribution in [0.25, 0.3) is 0 Å². The third kappa shape index (κ3) is 3.02. The van der Waals surface area contributed by atoms with E-state index in [1.54, 1.807) is 25.3 Å². The highest BCUT2D eigenvalue weighted by molar-refractivity contribution is 5.76. The molecule has 2 rings (SSSR count). The number of hydrogen-bond donors (Lipinski definition) is 2. The number of likely N-dealkylation sites (tertiary alicyclic amines) is 1. The smallest absolute Gasteiger partial charge is 0.312 e. The summed E-state index contributed by atoms with van der Waals surface area (Å²) in [5, 5.41) is 9.16. The standard InChI is InChI=1S/C14H20N2O4/c1-16-7-10(8-16)20-13-5-9(3-4-12(13)19-2)11(6-15)14(17)18/h3-5,10-11H,6-8,15H2,1-2H3,(H,17,18). The Bertz CT molecular complexity index is 486. The van der Waals surface area contributed by atoms with Crippen molar-refractivity contribution in [2.75, 3.05) is 33.8 Å². The molecule has 110 valence electrons. The number of hydrogen-bond acceptors (Lipinski definition) is 5. The number of aliphatic carboxylic acids is 1. The Kier molecular flexibility index (Phi) is 4.46. The van der Waals surface area contributed by atoms with Crippen LogP contribution in [0.2, 0.25) is 0 Å². The first-order chi connectivity index (χ1) is 9.55. The van der Waals surface area contributed by atoms with Crippen LogP contribution in [0.5, 0.6) is 11.5 Å². The van der Waals surface area contributed by atoms with E-state index in [-0.39, 0.29) is 12.6 Å². The summed E-state index contributed by atoms with van der Waals surface area (Å²) >= 11 is 0. The first-order valence-corrected chi connectivity index (χ1v) is 6.51. The summed E-state index contributed by atoms with van der Waals surface area (Å²) in [5.74, 6) is -0.494. The zero-order valence-corrected chi connectivity index (χ0v) is 11.7. The molecule has 0 aliphatic carbocycles. The molecule has 1 saturated heterocycles. The van der Waals surface area contributed by atoms with Crippen molar-refractivity contribution >= 4 is 5.97 Å². The Labute approximate surface area is 118 Å². The molecule has 1 aliphatic heterocycles. The molecule has 1 aromatic rings. The third-order valence-electron chi connectivity index (χ3n) is 3.45. The monoisotopic (exact) mass is 280 g/mol. The van der Waals surface area contributed by atoms with Gasteiger partial charge in [-0.15, -0.1) is 0 Å². The predicted octanol–water partition coefficient (Wildman–Crippen LogP) is 0.515. The number of carboxylic acids is 1. The van der Waals surface area contributed by atoms with Crippen LogP contribution in [-0.2, 0) is 4.79 Å². The molecule has 0 amide bonds. The molecule has 6 heteroatoms. The lowest BCUT2D eigenvalue weighted by Crippen LogP contribution is -2.51. The van der Waals surface area contributed by atoms with Crippen molar-refractivity contribution in [3.8, 4) is 11.5 Å². The molecule has 3 N–H and O–H groups in total. The Morgan fingerprint density at radius 2 is 2.20 bits per heavy atom. The zero-order valence-electron chi connectivity index (χ0n) is 11.7. The maximum absolute atomic E-state index is 11.2. The van der Waals surface area contributed by atoms with E-state index in [4.69, 9.17) is 20.3 Å². The second kappa shape index (κ2) is 6.11. The molecular formula is C14H20N2O4. The highest BCUT2D eigenvalue weighted by atomic mass is 16.5. The molecule has 1 unspecified atom stereocenters. The van der Waals surface area contributed by atoms with Gasteiger partial charge in [-0.3, -0.25) is 9.69 Å². The van der Waals surface area contributed by atoms with Gasteiger partial charge < -0.3 is 20.3 Å². The second-order valence-electron chi connectivity index (χ2n) is 5.00. The Hall–Kier alpha value is -1.79. The first kappa shape index (κ1) is 14.6. The number of ether oxygens (including phenoxy) is 2. The lowest BCUT2D eigenvalue weighted by molar-refractivity contribution is -0.138. The number of nitrogens with two attached hydrogens (primary N) is 1. The van der Waals surface area contributed by atoms with Crippen molar-refractivity contribution in [2.24, 2.45) is 5.73 Å². The van der Waals surface area contributed by atoms with Crippen LogP contribution < -0.4 is 15.2 Å². The largest absolute Gasteiger partial charge is 0.493 e. The molecule has 1 heterocycles. The van der Waals surface area contributed by atoms with Gasteiger partial charge in [-0.25, -0.2) is 0 Å². The van der Waals surface area contributed by atoms with Gasteiger partial charge in [0, 0.05) is 19.6 Å². The van der Waals surface area contributed by atoms with Gasteiger partial charge in [-0.1, -0.05) is 6.07 Å².